The predicted octanol–water partition coefficient (Wildman–Crippen LogP) is 3.22. The number of furan rings is 1. The zero-order valence-corrected chi connectivity index (χ0v) is 12.1. The average molecular weight is 294 g/mol. The smallest absolute Gasteiger partial charge is 0.373 e. The van der Waals surface area contributed by atoms with Gasteiger partial charge in [0.15, 0.2) is 0 Å². The lowest BCUT2D eigenvalue weighted by molar-refractivity contribution is 0.0562. The van der Waals surface area contributed by atoms with Crippen LogP contribution in [0.1, 0.15) is 27.9 Å². The van der Waals surface area contributed by atoms with Gasteiger partial charge >= 0.3 is 5.97 Å². The molecule has 20 heavy (non-hydrogen) atoms. The van der Waals surface area contributed by atoms with E-state index in [-0.39, 0.29) is 11.8 Å². The van der Waals surface area contributed by atoms with Gasteiger partial charge in [0, 0.05) is 5.02 Å². The van der Waals surface area contributed by atoms with Gasteiger partial charge in [0.1, 0.15) is 5.76 Å². The molecule has 0 spiro atoms. The quantitative estimate of drug-likeness (QED) is 0.860. The number of carbonyl (C=O) groups excluding carboxylic acids is 1. The van der Waals surface area contributed by atoms with Crippen molar-refractivity contribution in [3.63, 3.8) is 0 Å². The Morgan fingerprint density at radius 3 is 2.60 bits per heavy atom. The van der Waals surface area contributed by atoms with Gasteiger partial charge in [-0.05, 0) is 43.3 Å². The lowest BCUT2D eigenvalue weighted by atomic mass is 10.0. The summed E-state index contributed by atoms with van der Waals surface area (Å²) in [6.45, 7) is 0. The van der Waals surface area contributed by atoms with Gasteiger partial charge in [-0.2, -0.15) is 0 Å². The molecule has 0 amide bonds. The highest BCUT2D eigenvalue weighted by molar-refractivity contribution is 6.30. The molecule has 1 aromatic carbocycles. The van der Waals surface area contributed by atoms with E-state index in [9.17, 15) is 4.79 Å². The molecule has 0 bridgehead atoms. The summed E-state index contributed by atoms with van der Waals surface area (Å²) in [5.74, 6) is 0.430. The van der Waals surface area contributed by atoms with Crippen molar-refractivity contribution in [2.24, 2.45) is 0 Å². The third kappa shape index (κ3) is 3.40. The van der Waals surface area contributed by atoms with E-state index in [2.05, 4.69) is 10.1 Å². The molecule has 1 aromatic heterocycles. The number of benzene rings is 1. The Morgan fingerprint density at radius 2 is 2.00 bits per heavy atom. The number of hydrogen-bond acceptors (Lipinski definition) is 4. The molecule has 0 aliphatic heterocycles. The van der Waals surface area contributed by atoms with Crippen LogP contribution in [-0.4, -0.2) is 20.1 Å². The van der Waals surface area contributed by atoms with Crippen molar-refractivity contribution < 1.29 is 13.9 Å². The zero-order valence-electron chi connectivity index (χ0n) is 11.4. The van der Waals surface area contributed by atoms with Crippen LogP contribution >= 0.6 is 11.6 Å². The van der Waals surface area contributed by atoms with Gasteiger partial charge in [0.2, 0.25) is 5.76 Å². The largest absolute Gasteiger partial charge is 0.463 e. The average Bonchev–Trinajstić information content (AvgIpc) is 2.95. The van der Waals surface area contributed by atoms with Crippen LogP contribution < -0.4 is 5.32 Å². The fraction of sp³-hybridized carbons (Fsp3) is 0.267. The Hall–Kier alpha value is -1.78. The Morgan fingerprint density at radius 1 is 1.30 bits per heavy atom. The van der Waals surface area contributed by atoms with Crippen molar-refractivity contribution in [3.8, 4) is 0 Å². The minimum Gasteiger partial charge on any atom is -0.463 e. The summed E-state index contributed by atoms with van der Waals surface area (Å²) in [5.41, 5.74) is 1.13. The van der Waals surface area contributed by atoms with Gasteiger partial charge in [0.05, 0.1) is 13.2 Å². The van der Waals surface area contributed by atoms with Crippen LogP contribution in [0.3, 0.4) is 0 Å². The van der Waals surface area contributed by atoms with E-state index in [4.69, 9.17) is 16.0 Å². The maximum Gasteiger partial charge on any atom is 0.373 e. The first-order chi connectivity index (χ1) is 9.63. The molecule has 2 rings (SSSR count). The van der Waals surface area contributed by atoms with Crippen molar-refractivity contribution in [2.45, 2.75) is 12.5 Å². The van der Waals surface area contributed by atoms with E-state index in [0.717, 1.165) is 12.0 Å². The SMILES string of the molecule is CNC(Cc1ccc(Cl)cc1)c1ccc(C(=O)OC)o1. The summed E-state index contributed by atoms with van der Waals surface area (Å²) >= 11 is 5.87. The topological polar surface area (TPSA) is 51.5 Å². The first kappa shape index (κ1) is 14.6. The molecular weight excluding hydrogens is 278 g/mol. The molecule has 0 aliphatic rings. The van der Waals surface area contributed by atoms with Crippen LogP contribution in [0.2, 0.25) is 5.02 Å². The Labute approximate surface area is 122 Å². The number of rotatable bonds is 5. The number of likely N-dealkylation sites (N-methyl/N-ethyl adjacent to an activating group) is 1. The van der Waals surface area contributed by atoms with E-state index in [1.165, 1.54) is 7.11 Å². The molecule has 2 aromatic rings. The normalized spacial score (nSPS) is 12.2. The molecular formula is C15H16ClNO3. The molecule has 5 heteroatoms. The highest BCUT2D eigenvalue weighted by Gasteiger charge is 2.17. The number of halogens is 1. The summed E-state index contributed by atoms with van der Waals surface area (Å²) in [5, 5.41) is 3.88. The zero-order chi connectivity index (χ0) is 14.5. The number of carbonyl (C=O) groups is 1. The van der Waals surface area contributed by atoms with Crippen LogP contribution in [0.15, 0.2) is 40.8 Å². The minimum atomic E-state index is -0.474. The molecule has 0 saturated heterocycles. The monoisotopic (exact) mass is 293 g/mol. The van der Waals surface area contributed by atoms with Crippen LogP contribution in [0.5, 0.6) is 0 Å². The lowest BCUT2D eigenvalue weighted by Crippen LogP contribution is -2.18. The predicted molar refractivity (Wildman–Crippen MR) is 77.0 cm³/mol. The maximum atomic E-state index is 11.4. The second-order valence-electron chi connectivity index (χ2n) is 4.37. The van der Waals surface area contributed by atoms with Crippen molar-refractivity contribution in [3.05, 3.63) is 58.5 Å². The van der Waals surface area contributed by atoms with E-state index >= 15 is 0 Å². The number of methoxy groups -OCH3 is 1. The first-order valence-corrected chi connectivity index (χ1v) is 6.61. The summed E-state index contributed by atoms with van der Waals surface area (Å²) in [6.07, 6.45) is 0.738. The standard InChI is InChI=1S/C15H16ClNO3/c1-17-12(9-10-3-5-11(16)6-4-10)13-7-8-14(20-13)15(18)19-2/h3-8,12,17H,9H2,1-2H3. The summed E-state index contributed by atoms with van der Waals surface area (Å²) in [6, 6.07) is 11.0. The molecule has 1 unspecified atom stereocenters. The molecule has 1 N–H and O–H groups in total. The third-order valence-corrected chi connectivity index (χ3v) is 3.31. The van der Waals surface area contributed by atoms with Crippen LogP contribution in [0.4, 0.5) is 0 Å². The lowest BCUT2D eigenvalue weighted by Gasteiger charge is -2.13. The van der Waals surface area contributed by atoms with Gasteiger partial charge in [-0.15, -0.1) is 0 Å². The molecule has 4 nitrogen and oxygen atoms in total. The van der Waals surface area contributed by atoms with Crippen molar-refractivity contribution in [1.29, 1.82) is 0 Å². The number of nitrogens with one attached hydrogen (secondary N) is 1. The van der Waals surface area contributed by atoms with Crippen molar-refractivity contribution in [2.75, 3.05) is 14.2 Å². The molecule has 0 aliphatic carbocycles. The van der Waals surface area contributed by atoms with E-state index in [1.807, 2.05) is 31.3 Å². The van der Waals surface area contributed by atoms with Crippen molar-refractivity contribution >= 4 is 17.6 Å². The fourth-order valence-electron chi connectivity index (χ4n) is 1.95. The Bertz CT molecular complexity index is 577. The Kier molecular flexibility index (Phi) is 4.82. The molecule has 0 saturated carbocycles. The maximum absolute atomic E-state index is 11.4. The van der Waals surface area contributed by atoms with Crippen molar-refractivity contribution in [1.82, 2.24) is 5.32 Å². The summed E-state index contributed by atoms with van der Waals surface area (Å²) < 4.78 is 10.1. The van der Waals surface area contributed by atoms with Gasteiger partial charge < -0.3 is 14.5 Å². The minimum absolute atomic E-state index is 0.0189. The molecule has 106 valence electrons. The van der Waals surface area contributed by atoms with Gasteiger partial charge in [-0.25, -0.2) is 4.79 Å². The van der Waals surface area contributed by atoms with Crippen LogP contribution in [-0.2, 0) is 11.2 Å². The summed E-state index contributed by atoms with van der Waals surface area (Å²) in [4.78, 5) is 11.4. The Balaban J connectivity index is 2.13. The number of hydrogen-bond donors (Lipinski definition) is 1. The second-order valence-corrected chi connectivity index (χ2v) is 4.80. The van der Waals surface area contributed by atoms with Crippen LogP contribution in [0.25, 0.3) is 0 Å². The van der Waals surface area contributed by atoms with Gasteiger partial charge in [0.25, 0.3) is 0 Å². The fourth-order valence-corrected chi connectivity index (χ4v) is 2.08. The van der Waals surface area contributed by atoms with Crippen LogP contribution in [0, 0.1) is 0 Å². The number of ether oxygens (including phenoxy) is 1. The molecule has 0 radical (unpaired) electrons. The highest BCUT2D eigenvalue weighted by atomic mass is 35.5. The molecule has 1 atom stereocenters. The molecule has 1 heterocycles. The van der Waals surface area contributed by atoms with E-state index in [1.54, 1.807) is 12.1 Å². The molecule has 0 fully saturated rings. The van der Waals surface area contributed by atoms with Gasteiger partial charge in [-0.3, -0.25) is 0 Å². The highest BCUT2D eigenvalue weighted by Crippen LogP contribution is 2.22. The van der Waals surface area contributed by atoms with E-state index in [0.29, 0.717) is 10.8 Å². The summed E-state index contributed by atoms with van der Waals surface area (Å²) in [7, 11) is 3.18. The van der Waals surface area contributed by atoms with Gasteiger partial charge in [-0.1, -0.05) is 23.7 Å². The third-order valence-electron chi connectivity index (χ3n) is 3.06. The second kappa shape index (κ2) is 6.59. The number of esters is 1. The first-order valence-electron chi connectivity index (χ1n) is 6.23. The van der Waals surface area contributed by atoms with E-state index < -0.39 is 5.97 Å².